The van der Waals surface area contributed by atoms with Gasteiger partial charge < -0.3 is 10.1 Å². The molecule has 0 unspecified atom stereocenters. The summed E-state index contributed by atoms with van der Waals surface area (Å²) in [6.45, 7) is 0. The van der Waals surface area contributed by atoms with Crippen molar-refractivity contribution in [2.75, 3.05) is 12.0 Å². The SMILES string of the molecule is COc1ccc([C@H](C(=O)NC2CCCCC2)N(C(=O)Cc2cccs2)c2ccc(F)cc2)cc1. The number of anilines is 1. The molecule has 2 amide bonds. The quantitative estimate of drug-likeness (QED) is 0.453. The number of halogens is 1. The van der Waals surface area contributed by atoms with Crippen molar-refractivity contribution in [3.05, 3.63) is 82.3 Å². The van der Waals surface area contributed by atoms with E-state index < -0.39 is 11.9 Å². The summed E-state index contributed by atoms with van der Waals surface area (Å²) in [7, 11) is 1.58. The normalized spacial score (nSPS) is 14.9. The maximum atomic E-state index is 13.7. The third-order valence-corrected chi connectivity index (χ3v) is 7.05. The van der Waals surface area contributed by atoms with Crippen LogP contribution in [-0.2, 0) is 16.0 Å². The Balaban J connectivity index is 1.73. The molecule has 1 atom stereocenters. The van der Waals surface area contributed by atoms with Gasteiger partial charge >= 0.3 is 0 Å². The topological polar surface area (TPSA) is 58.6 Å². The third-order valence-electron chi connectivity index (χ3n) is 6.17. The molecule has 0 aliphatic heterocycles. The van der Waals surface area contributed by atoms with Gasteiger partial charge in [-0.05, 0) is 66.2 Å². The number of nitrogens with zero attached hydrogens (tertiary/aromatic N) is 1. The van der Waals surface area contributed by atoms with Gasteiger partial charge in [0.25, 0.3) is 0 Å². The minimum absolute atomic E-state index is 0.0875. The molecular weight excluding hydrogens is 451 g/mol. The predicted molar refractivity (Wildman–Crippen MR) is 133 cm³/mol. The lowest BCUT2D eigenvalue weighted by atomic mass is 9.94. The van der Waals surface area contributed by atoms with Crippen molar-refractivity contribution in [2.45, 2.75) is 50.6 Å². The van der Waals surface area contributed by atoms with E-state index in [0.29, 0.717) is 17.0 Å². The van der Waals surface area contributed by atoms with Crippen LogP contribution < -0.4 is 15.0 Å². The fraction of sp³-hybridized carbons (Fsp3) is 0.333. The van der Waals surface area contributed by atoms with E-state index in [-0.39, 0.29) is 24.3 Å². The Morgan fingerprint density at radius 2 is 1.76 bits per heavy atom. The zero-order valence-electron chi connectivity index (χ0n) is 19.2. The molecule has 0 saturated heterocycles. The summed E-state index contributed by atoms with van der Waals surface area (Å²) in [5.41, 5.74) is 1.14. The lowest BCUT2D eigenvalue weighted by molar-refractivity contribution is -0.127. The van der Waals surface area contributed by atoms with Crippen LogP contribution in [0.15, 0.2) is 66.0 Å². The Hall–Kier alpha value is -3.19. The first-order valence-electron chi connectivity index (χ1n) is 11.6. The van der Waals surface area contributed by atoms with Crippen molar-refractivity contribution in [2.24, 2.45) is 0 Å². The van der Waals surface area contributed by atoms with E-state index in [9.17, 15) is 14.0 Å². The van der Waals surface area contributed by atoms with Gasteiger partial charge in [0.05, 0.1) is 13.5 Å². The molecule has 3 aromatic rings. The van der Waals surface area contributed by atoms with E-state index in [4.69, 9.17) is 4.74 Å². The van der Waals surface area contributed by atoms with Gasteiger partial charge in [-0.25, -0.2) is 4.39 Å². The molecule has 178 valence electrons. The number of benzene rings is 2. The second kappa shape index (κ2) is 11.3. The fourth-order valence-electron chi connectivity index (χ4n) is 4.42. The van der Waals surface area contributed by atoms with Gasteiger partial charge in [0.15, 0.2) is 0 Å². The van der Waals surface area contributed by atoms with Gasteiger partial charge in [0.1, 0.15) is 17.6 Å². The molecule has 1 N–H and O–H groups in total. The van der Waals surface area contributed by atoms with Crippen LogP contribution in [-0.4, -0.2) is 25.0 Å². The maximum absolute atomic E-state index is 13.7. The predicted octanol–water partition coefficient (Wildman–Crippen LogP) is 5.66. The van der Waals surface area contributed by atoms with Crippen LogP contribution in [0.1, 0.15) is 48.6 Å². The molecule has 4 rings (SSSR count). The summed E-state index contributed by atoms with van der Waals surface area (Å²) in [6.07, 6.45) is 5.35. The molecule has 0 radical (unpaired) electrons. The van der Waals surface area contributed by atoms with E-state index in [2.05, 4.69) is 5.32 Å². The van der Waals surface area contributed by atoms with Gasteiger partial charge in [-0.1, -0.05) is 37.5 Å². The molecule has 0 bridgehead atoms. The van der Waals surface area contributed by atoms with Crippen molar-refractivity contribution < 1.29 is 18.7 Å². The van der Waals surface area contributed by atoms with E-state index in [1.165, 1.54) is 34.8 Å². The number of nitrogens with one attached hydrogen (secondary N) is 1. The number of thiophene rings is 1. The Morgan fingerprint density at radius 3 is 2.38 bits per heavy atom. The number of hydrogen-bond donors (Lipinski definition) is 1. The molecule has 1 heterocycles. The van der Waals surface area contributed by atoms with Crippen molar-refractivity contribution in [1.82, 2.24) is 5.32 Å². The highest BCUT2D eigenvalue weighted by Gasteiger charge is 2.34. The number of rotatable bonds is 8. The van der Waals surface area contributed by atoms with Gasteiger partial charge in [0.2, 0.25) is 11.8 Å². The van der Waals surface area contributed by atoms with E-state index in [0.717, 1.165) is 30.6 Å². The highest BCUT2D eigenvalue weighted by atomic mass is 32.1. The van der Waals surface area contributed by atoms with Gasteiger partial charge in [-0.3, -0.25) is 14.5 Å². The lowest BCUT2D eigenvalue weighted by Gasteiger charge is -2.33. The lowest BCUT2D eigenvalue weighted by Crippen LogP contribution is -2.47. The number of carbonyl (C=O) groups is 2. The van der Waals surface area contributed by atoms with Crippen LogP contribution in [0.3, 0.4) is 0 Å². The molecule has 1 saturated carbocycles. The number of methoxy groups -OCH3 is 1. The highest BCUT2D eigenvalue weighted by molar-refractivity contribution is 7.10. The first kappa shape index (κ1) is 24.0. The molecule has 34 heavy (non-hydrogen) atoms. The van der Waals surface area contributed by atoms with Gasteiger partial charge in [0, 0.05) is 16.6 Å². The van der Waals surface area contributed by atoms with Crippen molar-refractivity contribution in [1.29, 1.82) is 0 Å². The second-order valence-electron chi connectivity index (χ2n) is 8.52. The van der Waals surface area contributed by atoms with Crippen LogP contribution in [0, 0.1) is 5.82 Å². The van der Waals surface area contributed by atoms with Gasteiger partial charge in [-0.2, -0.15) is 0 Å². The summed E-state index contributed by atoms with van der Waals surface area (Å²) in [6, 6.07) is 15.9. The Labute approximate surface area is 203 Å². The standard InChI is InChI=1S/C27H29FN2O3S/c1-33-23-15-9-19(10-16-23)26(27(32)29-21-6-3-2-4-7-21)30(22-13-11-20(28)12-14-22)25(31)18-24-8-5-17-34-24/h5,8-17,21,26H,2-4,6-7,18H2,1H3,(H,29,32)/t26-/m1/s1. The molecule has 1 fully saturated rings. The molecule has 5 nitrogen and oxygen atoms in total. The molecule has 1 aliphatic carbocycles. The largest absolute Gasteiger partial charge is 0.497 e. The Kier molecular flexibility index (Phi) is 7.95. The van der Waals surface area contributed by atoms with Crippen molar-refractivity contribution >= 4 is 28.8 Å². The van der Waals surface area contributed by atoms with Crippen LogP contribution in [0.2, 0.25) is 0 Å². The molecule has 7 heteroatoms. The first-order valence-corrected chi connectivity index (χ1v) is 12.5. The van der Waals surface area contributed by atoms with E-state index in [1.54, 1.807) is 43.5 Å². The van der Waals surface area contributed by atoms with Crippen molar-refractivity contribution in [3.8, 4) is 5.75 Å². The van der Waals surface area contributed by atoms with Crippen LogP contribution in [0.5, 0.6) is 5.75 Å². The monoisotopic (exact) mass is 480 g/mol. The number of ether oxygens (including phenoxy) is 1. The average molecular weight is 481 g/mol. The summed E-state index contributed by atoms with van der Waals surface area (Å²) < 4.78 is 19.0. The smallest absolute Gasteiger partial charge is 0.248 e. The molecule has 1 aliphatic rings. The number of carbonyl (C=O) groups excluding carboxylic acids is 2. The first-order chi connectivity index (χ1) is 16.5. The fourth-order valence-corrected chi connectivity index (χ4v) is 5.11. The Morgan fingerprint density at radius 1 is 1.06 bits per heavy atom. The summed E-state index contributed by atoms with van der Waals surface area (Å²) >= 11 is 1.49. The zero-order chi connectivity index (χ0) is 23.9. The summed E-state index contributed by atoms with van der Waals surface area (Å²) in [4.78, 5) is 29.8. The minimum Gasteiger partial charge on any atom is -0.497 e. The molecular formula is C27H29FN2O3S. The second-order valence-corrected chi connectivity index (χ2v) is 9.55. The Bertz CT molecular complexity index is 1080. The van der Waals surface area contributed by atoms with E-state index in [1.807, 2.05) is 17.5 Å². The third kappa shape index (κ3) is 5.83. The molecule has 2 aromatic carbocycles. The summed E-state index contributed by atoms with van der Waals surface area (Å²) in [5, 5.41) is 5.10. The van der Waals surface area contributed by atoms with Gasteiger partial charge in [-0.15, -0.1) is 11.3 Å². The van der Waals surface area contributed by atoms with E-state index >= 15 is 0 Å². The van der Waals surface area contributed by atoms with Crippen molar-refractivity contribution in [3.63, 3.8) is 0 Å². The minimum atomic E-state index is -0.897. The average Bonchev–Trinajstić information content (AvgIpc) is 3.37. The number of hydrogen-bond acceptors (Lipinski definition) is 4. The highest BCUT2D eigenvalue weighted by Crippen LogP contribution is 2.31. The van der Waals surface area contributed by atoms with Crippen LogP contribution in [0.25, 0.3) is 0 Å². The van der Waals surface area contributed by atoms with Crippen LogP contribution >= 0.6 is 11.3 Å². The molecule has 1 aromatic heterocycles. The van der Waals surface area contributed by atoms with Crippen LogP contribution in [0.4, 0.5) is 10.1 Å². The zero-order valence-corrected chi connectivity index (χ0v) is 20.0. The summed E-state index contributed by atoms with van der Waals surface area (Å²) in [5.74, 6) is -0.204. The maximum Gasteiger partial charge on any atom is 0.248 e. The molecule has 0 spiro atoms. The number of amides is 2.